The second kappa shape index (κ2) is 11.3. The number of halogens is 1. The maximum Gasteiger partial charge on any atom is 0.343 e. The van der Waals surface area contributed by atoms with E-state index in [1.165, 1.54) is 25.3 Å². The number of ether oxygens (including phenoxy) is 2. The third-order valence-corrected chi connectivity index (χ3v) is 6.76. The van der Waals surface area contributed by atoms with Crippen LogP contribution >= 0.6 is 0 Å². The van der Waals surface area contributed by atoms with Gasteiger partial charge in [-0.15, -0.1) is 0 Å². The second-order valence-electron chi connectivity index (χ2n) is 8.60. The zero-order chi connectivity index (χ0) is 26.5. The van der Waals surface area contributed by atoms with E-state index in [1.54, 1.807) is 18.7 Å². The largest absolute Gasteiger partial charge is 0.480 e. The van der Waals surface area contributed by atoms with Gasteiger partial charge in [-0.05, 0) is 50.5 Å². The Kier molecular flexibility index (Phi) is 8.47. The van der Waals surface area contributed by atoms with E-state index in [4.69, 9.17) is 9.47 Å². The number of hydrogen-bond donors (Lipinski definition) is 1. The molecule has 0 bridgehead atoms. The molecule has 10 nitrogen and oxygen atoms in total. The molecular weight excluding hydrogens is 491 g/mol. The monoisotopic (exact) mass is 518 g/mol. The van der Waals surface area contributed by atoms with Gasteiger partial charge in [-0.1, -0.05) is 12.1 Å². The molecule has 0 saturated carbocycles. The van der Waals surface area contributed by atoms with Crippen LogP contribution in [0.1, 0.15) is 48.2 Å². The van der Waals surface area contributed by atoms with Crippen molar-refractivity contribution in [2.75, 3.05) is 25.1 Å². The van der Waals surface area contributed by atoms with E-state index < -0.39 is 39.4 Å². The molecule has 3 rings (SSSR count). The molecule has 1 aliphatic heterocycles. The number of hydrogen-bond acceptors (Lipinski definition) is 9. The Hall–Kier alpha value is -3.72. The number of esters is 1. The van der Waals surface area contributed by atoms with Crippen LogP contribution in [0.15, 0.2) is 30.3 Å². The lowest BCUT2D eigenvalue weighted by molar-refractivity contribution is -0.123. The van der Waals surface area contributed by atoms with Gasteiger partial charge >= 0.3 is 5.97 Å². The summed E-state index contributed by atoms with van der Waals surface area (Å²) in [5.41, 5.74) is 0.541. The van der Waals surface area contributed by atoms with E-state index in [0.29, 0.717) is 37.3 Å². The molecule has 0 aliphatic carbocycles. The van der Waals surface area contributed by atoms with Crippen LogP contribution in [-0.2, 0) is 25.3 Å². The SMILES string of the molecule is COc1nc(N2CCC(C(=O)NS(=O)(=O)Cc3ccc(F)cc3)CC2)c(C#N)cc1C(=O)OC(C)C. The number of nitriles is 1. The first-order valence-corrected chi connectivity index (χ1v) is 12.9. The van der Waals surface area contributed by atoms with E-state index in [1.807, 2.05) is 6.07 Å². The fraction of sp³-hybridized carbons (Fsp3) is 0.417. The van der Waals surface area contributed by atoms with Gasteiger partial charge in [0.05, 0.1) is 24.5 Å². The lowest BCUT2D eigenvalue weighted by Gasteiger charge is -2.32. The first kappa shape index (κ1) is 26.9. The van der Waals surface area contributed by atoms with Crippen molar-refractivity contribution < 1.29 is 31.9 Å². The topological polar surface area (TPSA) is 139 Å². The maximum absolute atomic E-state index is 13.0. The molecule has 0 spiro atoms. The fourth-order valence-corrected chi connectivity index (χ4v) is 4.99. The Morgan fingerprint density at radius 2 is 1.89 bits per heavy atom. The molecule has 0 radical (unpaired) electrons. The van der Waals surface area contributed by atoms with Crippen molar-refractivity contribution in [2.24, 2.45) is 5.92 Å². The molecule has 1 aromatic carbocycles. The number of nitrogens with one attached hydrogen (secondary N) is 1. The molecule has 1 aliphatic rings. The highest BCUT2D eigenvalue weighted by atomic mass is 32.2. The molecule has 2 heterocycles. The van der Waals surface area contributed by atoms with E-state index >= 15 is 0 Å². The number of aromatic nitrogens is 1. The number of anilines is 1. The number of benzene rings is 1. The van der Waals surface area contributed by atoms with Gasteiger partial charge in [0.2, 0.25) is 21.8 Å². The average Bonchev–Trinajstić information content (AvgIpc) is 2.83. The number of nitrogens with zero attached hydrogens (tertiary/aromatic N) is 3. The molecular formula is C24H27FN4O6S. The highest BCUT2D eigenvalue weighted by Crippen LogP contribution is 2.30. The third-order valence-electron chi connectivity index (χ3n) is 5.54. The molecule has 1 amide bonds. The highest BCUT2D eigenvalue weighted by molar-refractivity contribution is 7.89. The smallest absolute Gasteiger partial charge is 0.343 e. The summed E-state index contributed by atoms with van der Waals surface area (Å²) in [5, 5.41) is 9.64. The molecule has 0 unspecified atom stereocenters. The van der Waals surface area contributed by atoms with Crippen molar-refractivity contribution in [2.45, 2.75) is 38.5 Å². The minimum atomic E-state index is -3.95. The summed E-state index contributed by atoms with van der Waals surface area (Å²) < 4.78 is 50.4. The number of pyridine rings is 1. The van der Waals surface area contributed by atoms with Crippen LogP contribution in [0.4, 0.5) is 10.2 Å². The number of carbonyl (C=O) groups excluding carboxylic acids is 2. The summed E-state index contributed by atoms with van der Waals surface area (Å²) in [6.07, 6.45) is 0.283. The number of rotatable bonds is 8. The summed E-state index contributed by atoms with van der Waals surface area (Å²) in [6, 6.07) is 8.40. The number of sulfonamides is 1. The van der Waals surface area contributed by atoms with Crippen molar-refractivity contribution in [3.8, 4) is 11.9 Å². The summed E-state index contributed by atoms with van der Waals surface area (Å²) in [5.74, 6) is -2.44. The minimum absolute atomic E-state index is 0.0152. The van der Waals surface area contributed by atoms with Crippen molar-refractivity contribution in [3.05, 3.63) is 52.8 Å². The van der Waals surface area contributed by atoms with E-state index in [-0.39, 0.29) is 23.1 Å². The predicted octanol–water partition coefficient (Wildman–Crippen LogP) is 2.53. The zero-order valence-corrected chi connectivity index (χ0v) is 21.0. The number of piperidine rings is 1. The lowest BCUT2D eigenvalue weighted by atomic mass is 9.96. The Morgan fingerprint density at radius 3 is 2.44 bits per heavy atom. The van der Waals surface area contributed by atoms with Crippen LogP contribution in [0, 0.1) is 23.1 Å². The van der Waals surface area contributed by atoms with Crippen molar-refractivity contribution >= 4 is 27.7 Å². The summed E-state index contributed by atoms with van der Waals surface area (Å²) in [4.78, 5) is 31.1. The van der Waals surface area contributed by atoms with Crippen LogP contribution in [0.25, 0.3) is 0 Å². The molecule has 2 aromatic rings. The summed E-state index contributed by atoms with van der Waals surface area (Å²) >= 11 is 0. The minimum Gasteiger partial charge on any atom is -0.480 e. The normalized spacial score (nSPS) is 14.3. The molecule has 1 aromatic heterocycles. The summed E-state index contributed by atoms with van der Waals surface area (Å²) in [7, 11) is -2.60. The average molecular weight is 519 g/mol. The Labute approximate surface area is 209 Å². The third kappa shape index (κ3) is 6.69. The first-order chi connectivity index (χ1) is 17.0. The van der Waals surface area contributed by atoms with Gasteiger partial charge in [0.15, 0.2) is 5.82 Å². The molecule has 1 N–H and O–H groups in total. The quantitative estimate of drug-likeness (QED) is 0.522. The van der Waals surface area contributed by atoms with E-state index in [9.17, 15) is 27.7 Å². The number of amides is 1. The van der Waals surface area contributed by atoms with Gasteiger partial charge in [-0.2, -0.15) is 10.2 Å². The maximum atomic E-state index is 13.0. The van der Waals surface area contributed by atoms with Crippen LogP contribution < -0.4 is 14.4 Å². The molecule has 12 heteroatoms. The molecule has 1 fully saturated rings. The van der Waals surface area contributed by atoms with E-state index in [0.717, 1.165) is 12.1 Å². The lowest BCUT2D eigenvalue weighted by Crippen LogP contribution is -2.43. The number of carbonyl (C=O) groups is 2. The highest BCUT2D eigenvalue weighted by Gasteiger charge is 2.30. The Morgan fingerprint density at radius 1 is 1.25 bits per heavy atom. The van der Waals surface area contributed by atoms with Crippen LogP contribution in [0.3, 0.4) is 0 Å². The van der Waals surface area contributed by atoms with Crippen LogP contribution in [0.2, 0.25) is 0 Å². The van der Waals surface area contributed by atoms with Crippen LogP contribution in [-0.4, -0.2) is 51.6 Å². The van der Waals surface area contributed by atoms with Gasteiger partial charge in [0.25, 0.3) is 0 Å². The van der Waals surface area contributed by atoms with Gasteiger partial charge in [0, 0.05) is 19.0 Å². The first-order valence-electron chi connectivity index (χ1n) is 11.3. The van der Waals surface area contributed by atoms with Gasteiger partial charge in [-0.3, -0.25) is 9.52 Å². The molecule has 36 heavy (non-hydrogen) atoms. The standard InChI is InChI=1S/C24H27FN4O6S/c1-15(2)35-24(31)20-12-18(13-26)21(27-23(20)34-3)29-10-8-17(9-11-29)22(30)28-36(32,33)14-16-4-6-19(25)7-5-16/h4-7,12,15,17H,8-11,14H2,1-3H3,(H,28,30). The van der Waals surface area contributed by atoms with Gasteiger partial charge < -0.3 is 14.4 Å². The molecule has 192 valence electrons. The predicted molar refractivity (Wildman–Crippen MR) is 128 cm³/mol. The van der Waals surface area contributed by atoms with E-state index in [2.05, 4.69) is 9.71 Å². The van der Waals surface area contributed by atoms with Crippen molar-refractivity contribution in [1.82, 2.24) is 9.71 Å². The Balaban J connectivity index is 1.67. The van der Waals surface area contributed by atoms with Crippen LogP contribution in [0.5, 0.6) is 5.88 Å². The van der Waals surface area contributed by atoms with Gasteiger partial charge in [0.1, 0.15) is 17.4 Å². The fourth-order valence-electron chi connectivity index (χ4n) is 3.82. The number of methoxy groups -OCH3 is 1. The molecule has 0 atom stereocenters. The summed E-state index contributed by atoms with van der Waals surface area (Å²) in [6.45, 7) is 4.06. The molecule has 1 saturated heterocycles. The second-order valence-corrected chi connectivity index (χ2v) is 10.3. The van der Waals surface area contributed by atoms with Crippen molar-refractivity contribution in [1.29, 1.82) is 5.26 Å². The van der Waals surface area contributed by atoms with Gasteiger partial charge in [-0.25, -0.2) is 17.6 Å². The Bertz CT molecular complexity index is 1270. The zero-order valence-electron chi connectivity index (χ0n) is 20.2. The van der Waals surface area contributed by atoms with Crippen molar-refractivity contribution in [3.63, 3.8) is 0 Å².